The monoisotopic (exact) mass is 313 g/mol. The highest BCUT2D eigenvalue weighted by Gasteiger charge is 2.19. The van der Waals surface area contributed by atoms with E-state index in [1.165, 1.54) is 7.11 Å². The summed E-state index contributed by atoms with van der Waals surface area (Å²) in [4.78, 5) is 0.649. The van der Waals surface area contributed by atoms with E-state index >= 15 is 0 Å². The third-order valence-electron chi connectivity index (χ3n) is 2.73. The summed E-state index contributed by atoms with van der Waals surface area (Å²) in [5.74, 6) is 0.573. The van der Waals surface area contributed by atoms with E-state index in [9.17, 15) is 8.42 Å². The number of methoxy groups -OCH3 is 1. The number of sulfonamides is 1. The number of anilines is 1. The predicted molar refractivity (Wildman–Crippen MR) is 78.8 cm³/mol. The average Bonchev–Trinajstić information content (AvgIpc) is 2.80. The lowest BCUT2D eigenvalue weighted by atomic mass is 10.3. The van der Waals surface area contributed by atoms with Crippen molar-refractivity contribution in [3.8, 4) is 5.75 Å². The third kappa shape index (κ3) is 3.12. The van der Waals surface area contributed by atoms with E-state index < -0.39 is 10.0 Å². The van der Waals surface area contributed by atoms with Gasteiger partial charge in [-0.15, -0.1) is 11.3 Å². The highest BCUT2D eigenvalue weighted by atomic mass is 32.2. The fourth-order valence-electron chi connectivity index (χ4n) is 1.67. The maximum absolute atomic E-state index is 12.3. The van der Waals surface area contributed by atoms with E-state index in [1.54, 1.807) is 37.3 Å². The number of aliphatic hydroxyl groups is 1. The molecule has 0 radical (unpaired) electrons. The Kier molecular flexibility index (Phi) is 4.32. The Balaban J connectivity index is 2.30. The summed E-state index contributed by atoms with van der Waals surface area (Å²) in [6, 6.07) is 8.24. The number of ether oxygens (including phenoxy) is 1. The SMILES string of the molecule is COc1cccc(NS(=O)(=O)c2cc(C)c(CO)s2)c1. The molecular formula is C13H15NO4S2. The quantitative estimate of drug-likeness (QED) is 0.888. The summed E-state index contributed by atoms with van der Waals surface area (Å²) in [5, 5.41) is 9.13. The smallest absolute Gasteiger partial charge is 0.271 e. The Morgan fingerprint density at radius 2 is 2.10 bits per heavy atom. The van der Waals surface area contributed by atoms with Crippen LogP contribution in [0, 0.1) is 6.92 Å². The molecule has 2 rings (SSSR count). The number of aliphatic hydroxyl groups excluding tert-OH is 1. The van der Waals surface area contributed by atoms with Crippen LogP contribution in [0.2, 0.25) is 0 Å². The molecule has 5 nitrogen and oxygen atoms in total. The lowest BCUT2D eigenvalue weighted by molar-refractivity contribution is 0.285. The number of benzene rings is 1. The molecule has 0 amide bonds. The number of hydrogen-bond donors (Lipinski definition) is 2. The molecule has 0 aliphatic heterocycles. The molecule has 2 N–H and O–H groups in total. The summed E-state index contributed by atoms with van der Waals surface area (Å²) >= 11 is 1.06. The second-order valence-electron chi connectivity index (χ2n) is 4.17. The van der Waals surface area contributed by atoms with Crippen molar-refractivity contribution in [2.75, 3.05) is 11.8 Å². The molecule has 0 spiro atoms. The first kappa shape index (κ1) is 14.8. The molecule has 7 heteroatoms. The van der Waals surface area contributed by atoms with Gasteiger partial charge in [-0.1, -0.05) is 6.07 Å². The van der Waals surface area contributed by atoms with Gasteiger partial charge in [0.1, 0.15) is 9.96 Å². The highest BCUT2D eigenvalue weighted by Crippen LogP contribution is 2.28. The van der Waals surface area contributed by atoms with E-state index in [-0.39, 0.29) is 10.8 Å². The average molecular weight is 313 g/mol. The molecule has 1 heterocycles. The fraction of sp³-hybridized carbons (Fsp3) is 0.231. The van der Waals surface area contributed by atoms with Gasteiger partial charge in [0, 0.05) is 10.9 Å². The minimum atomic E-state index is -3.65. The van der Waals surface area contributed by atoms with E-state index in [4.69, 9.17) is 9.84 Å². The summed E-state index contributed by atoms with van der Waals surface area (Å²) in [7, 11) is -2.13. The van der Waals surface area contributed by atoms with Gasteiger partial charge in [0.15, 0.2) is 0 Å². The van der Waals surface area contributed by atoms with Gasteiger partial charge >= 0.3 is 0 Å². The molecule has 0 fully saturated rings. The molecule has 2 aromatic rings. The van der Waals surface area contributed by atoms with Gasteiger partial charge < -0.3 is 9.84 Å². The molecule has 1 aromatic heterocycles. The first-order valence-electron chi connectivity index (χ1n) is 5.83. The molecule has 0 saturated heterocycles. The number of hydrogen-bond acceptors (Lipinski definition) is 5. The topological polar surface area (TPSA) is 75.6 Å². The molecule has 0 saturated carbocycles. The molecule has 0 aliphatic carbocycles. The lowest BCUT2D eigenvalue weighted by Gasteiger charge is -2.07. The van der Waals surface area contributed by atoms with Crippen LogP contribution in [0.3, 0.4) is 0 Å². The zero-order valence-corrected chi connectivity index (χ0v) is 12.7. The van der Waals surface area contributed by atoms with Gasteiger partial charge in [0.2, 0.25) is 0 Å². The number of rotatable bonds is 5. The largest absolute Gasteiger partial charge is 0.497 e. The maximum Gasteiger partial charge on any atom is 0.271 e. The Labute approximate surface area is 121 Å². The van der Waals surface area contributed by atoms with Gasteiger partial charge in [-0.2, -0.15) is 0 Å². The van der Waals surface area contributed by atoms with Crippen LogP contribution in [0.1, 0.15) is 10.4 Å². The van der Waals surface area contributed by atoms with Gasteiger partial charge in [-0.25, -0.2) is 8.42 Å². The van der Waals surface area contributed by atoms with Crippen molar-refractivity contribution in [3.63, 3.8) is 0 Å². The molecule has 0 unspecified atom stereocenters. The number of aryl methyl sites for hydroxylation is 1. The Morgan fingerprint density at radius 1 is 1.35 bits per heavy atom. The van der Waals surface area contributed by atoms with Crippen molar-refractivity contribution >= 4 is 27.0 Å². The number of thiophene rings is 1. The van der Waals surface area contributed by atoms with Crippen LogP contribution in [-0.2, 0) is 16.6 Å². The molecular weight excluding hydrogens is 298 g/mol. The van der Waals surface area contributed by atoms with Crippen molar-refractivity contribution in [2.45, 2.75) is 17.7 Å². The van der Waals surface area contributed by atoms with Crippen molar-refractivity contribution in [1.29, 1.82) is 0 Å². The van der Waals surface area contributed by atoms with Crippen molar-refractivity contribution in [1.82, 2.24) is 0 Å². The standard InChI is InChI=1S/C13H15NO4S2/c1-9-6-13(19-12(9)8-15)20(16,17)14-10-4-3-5-11(7-10)18-2/h3-7,14-15H,8H2,1-2H3. The Bertz CT molecular complexity index is 707. The van der Waals surface area contributed by atoms with Crippen LogP contribution >= 0.6 is 11.3 Å². The van der Waals surface area contributed by atoms with Crippen molar-refractivity contribution in [2.24, 2.45) is 0 Å². The molecule has 20 heavy (non-hydrogen) atoms. The normalized spacial score (nSPS) is 11.3. The van der Waals surface area contributed by atoms with Gasteiger partial charge in [-0.05, 0) is 30.7 Å². The lowest BCUT2D eigenvalue weighted by Crippen LogP contribution is -2.11. The molecule has 0 bridgehead atoms. The van der Waals surface area contributed by atoms with E-state index in [2.05, 4.69) is 4.72 Å². The highest BCUT2D eigenvalue weighted by molar-refractivity contribution is 7.94. The zero-order valence-electron chi connectivity index (χ0n) is 11.1. The summed E-state index contributed by atoms with van der Waals surface area (Å²) < 4.78 is 32.2. The van der Waals surface area contributed by atoms with E-state index in [0.29, 0.717) is 16.3 Å². The Hall–Kier alpha value is -1.57. The van der Waals surface area contributed by atoms with Crippen LogP contribution in [0.25, 0.3) is 0 Å². The minimum Gasteiger partial charge on any atom is -0.497 e. The van der Waals surface area contributed by atoms with Gasteiger partial charge in [-0.3, -0.25) is 4.72 Å². The van der Waals surface area contributed by atoms with E-state index in [1.807, 2.05) is 0 Å². The molecule has 1 aromatic carbocycles. The zero-order chi connectivity index (χ0) is 14.8. The fourth-order valence-corrected chi connectivity index (χ4v) is 4.17. The molecule has 0 atom stereocenters. The maximum atomic E-state index is 12.3. The summed E-state index contributed by atoms with van der Waals surface area (Å²) in [6.45, 7) is 1.61. The predicted octanol–water partition coefficient (Wildman–Crippen LogP) is 2.36. The van der Waals surface area contributed by atoms with Crippen LogP contribution in [0.15, 0.2) is 34.5 Å². The summed E-state index contributed by atoms with van der Waals surface area (Å²) in [6.07, 6.45) is 0. The van der Waals surface area contributed by atoms with E-state index in [0.717, 1.165) is 16.9 Å². The minimum absolute atomic E-state index is 0.162. The Morgan fingerprint density at radius 3 is 2.70 bits per heavy atom. The third-order valence-corrected chi connectivity index (χ3v) is 5.81. The number of nitrogens with one attached hydrogen (secondary N) is 1. The first-order valence-corrected chi connectivity index (χ1v) is 8.13. The summed E-state index contributed by atoms with van der Waals surface area (Å²) in [5.41, 5.74) is 1.20. The van der Waals surface area contributed by atoms with Gasteiger partial charge in [0.05, 0.1) is 19.4 Å². The van der Waals surface area contributed by atoms with Crippen molar-refractivity contribution < 1.29 is 18.3 Å². The van der Waals surface area contributed by atoms with Crippen LogP contribution < -0.4 is 9.46 Å². The second kappa shape index (κ2) is 5.82. The molecule has 0 aliphatic rings. The van der Waals surface area contributed by atoms with Crippen LogP contribution in [-0.4, -0.2) is 20.6 Å². The van der Waals surface area contributed by atoms with Gasteiger partial charge in [0.25, 0.3) is 10.0 Å². The second-order valence-corrected chi connectivity index (χ2v) is 7.21. The van der Waals surface area contributed by atoms with Crippen LogP contribution in [0.4, 0.5) is 5.69 Å². The first-order chi connectivity index (χ1) is 9.46. The molecule has 108 valence electrons. The van der Waals surface area contributed by atoms with Crippen LogP contribution in [0.5, 0.6) is 5.75 Å². The van der Waals surface area contributed by atoms with Crippen molar-refractivity contribution in [3.05, 3.63) is 40.8 Å².